The summed E-state index contributed by atoms with van der Waals surface area (Å²) in [4.78, 5) is 9.05. The Kier molecular flexibility index (Phi) is 6.23. The predicted octanol–water partition coefficient (Wildman–Crippen LogP) is 5.14. The van der Waals surface area contributed by atoms with Gasteiger partial charge in [0.15, 0.2) is 5.82 Å². The summed E-state index contributed by atoms with van der Waals surface area (Å²) in [5.41, 5.74) is 1.94. The summed E-state index contributed by atoms with van der Waals surface area (Å²) in [6.45, 7) is 4.92. The number of halogens is 2. The van der Waals surface area contributed by atoms with Crippen LogP contribution in [0.2, 0.25) is 5.15 Å². The van der Waals surface area contributed by atoms with Gasteiger partial charge in [-0.05, 0) is 47.6 Å². The number of rotatable bonds is 6. The zero-order valence-electron chi connectivity index (χ0n) is 12.2. The minimum atomic E-state index is 0.518. The van der Waals surface area contributed by atoms with E-state index < -0.39 is 0 Å². The van der Waals surface area contributed by atoms with Gasteiger partial charge in [0.1, 0.15) is 10.9 Å². The number of nitrogens with zero attached hydrogens (tertiary/aromatic N) is 2. The molecule has 112 valence electrons. The molecule has 0 saturated heterocycles. The maximum absolute atomic E-state index is 6.24. The van der Waals surface area contributed by atoms with Gasteiger partial charge in [-0.15, -0.1) is 0 Å². The molecule has 0 N–H and O–H groups in total. The van der Waals surface area contributed by atoms with Gasteiger partial charge in [-0.3, -0.25) is 0 Å². The van der Waals surface area contributed by atoms with E-state index in [4.69, 9.17) is 16.3 Å². The molecule has 0 aliphatic heterocycles. The van der Waals surface area contributed by atoms with Crippen molar-refractivity contribution in [3.05, 3.63) is 38.7 Å². The first-order valence-electron chi connectivity index (χ1n) is 7.10. The second-order valence-corrected chi connectivity index (χ2v) is 6.16. The SMILES string of the molecule is CCCOc1cccc(-c2nc(Cl)c(I)c(CCC)n2)c1. The molecule has 0 unspecified atom stereocenters. The Hall–Kier alpha value is -0.880. The van der Waals surface area contributed by atoms with E-state index >= 15 is 0 Å². The smallest absolute Gasteiger partial charge is 0.161 e. The minimum absolute atomic E-state index is 0.518. The van der Waals surface area contributed by atoms with Gasteiger partial charge in [-0.25, -0.2) is 9.97 Å². The van der Waals surface area contributed by atoms with Crippen molar-refractivity contribution in [2.24, 2.45) is 0 Å². The molecule has 21 heavy (non-hydrogen) atoms. The lowest BCUT2D eigenvalue weighted by molar-refractivity contribution is 0.317. The fourth-order valence-corrected chi connectivity index (χ4v) is 2.64. The summed E-state index contributed by atoms with van der Waals surface area (Å²) in [6, 6.07) is 7.84. The van der Waals surface area contributed by atoms with Crippen molar-refractivity contribution in [3.63, 3.8) is 0 Å². The first-order chi connectivity index (χ1) is 10.2. The standard InChI is InChI=1S/C16H18ClIN2O/c1-3-6-13-14(18)15(17)20-16(19-13)11-7-5-8-12(10-11)21-9-4-2/h5,7-8,10H,3-4,6,9H2,1-2H3. The average molecular weight is 417 g/mol. The molecule has 2 rings (SSSR count). The van der Waals surface area contributed by atoms with Crippen molar-refractivity contribution in [2.45, 2.75) is 33.1 Å². The van der Waals surface area contributed by atoms with Gasteiger partial charge in [0.05, 0.1) is 15.9 Å². The normalized spacial score (nSPS) is 10.7. The van der Waals surface area contributed by atoms with Crippen LogP contribution in [0.3, 0.4) is 0 Å². The van der Waals surface area contributed by atoms with Crippen LogP contribution in [-0.2, 0) is 6.42 Å². The monoisotopic (exact) mass is 416 g/mol. The van der Waals surface area contributed by atoms with Crippen molar-refractivity contribution in [1.82, 2.24) is 9.97 Å². The van der Waals surface area contributed by atoms with Crippen LogP contribution in [-0.4, -0.2) is 16.6 Å². The molecule has 0 spiro atoms. The molecular formula is C16H18ClIN2O. The van der Waals surface area contributed by atoms with Crippen LogP contribution < -0.4 is 4.74 Å². The maximum Gasteiger partial charge on any atom is 0.161 e. The quantitative estimate of drug-likeness (QED) is 0.483. The van der Waals surface area contributed by atoms with Crippen LogP contribution >= 0.6 is 34.2 Å². The molecule has 1 heterocycles. The Morgan fingerprint density at radius 3 is 2.71 bits per heavy atom. The fraction of sp³-hybridized carbons (Fsp3) is 0.375. The number of benzene rings is 1. The molecule has 0 aliphatic rings. The number of hydrogen-bond acceptors (Lipinski definition) is 3. The zero-order valence-corrected chi connectivity index (χ0v) is 15.1. The van der Waals surface area contributed by atoms with E-state index in [0.717, 1.165) is 39.8 Å². The van der Waals surface area contributed by atoms with Crippen molar-refractivity contribution in [1.29, 1.82) is 0 Å². The average Bonchev–Trinajstić information content (AvgIpc) is 2.50. The molecule has 0 bridgehead atoms. The number of hydrogen-bond donors (Lipinski definition) is 0. The van der Waals surface area contributed by atoms with Gasteiger partial charge in [-0.2, -0.15) is 0 Å². The highest BCUT2D eigenvalue weighted by molar-refractivity contribution is 14.1. The lowest BCUT2D eigenvalue weighted by Gasteiger charge is -2.09. The molecule has 5 heteroatoms. The Bertz CT molecular complexity index is 619. The van der Waals surface area contributed by atoms with E-state index in [-0.39, 0.29) is 0 Å². The Morgan fingerprint density at radius 2 is 2.00 bits per heavy atom. The summed E-state index contributed by atoms with van der Waals surface area (Å²) in [7, 11) is 0. The van der Waals surface area contributed by atoms with Crippen LogP contribution in [0.25, 0.3) is 11.4 Å². The van der Waals surface area contributed by atoms with Gasteiger partial charge in [-0.1, -0.05) is 44.0 Å². The summed E-state index contributed by atoms with van der Waals surface area (Å²) < 4.78 is 6.60. The molecule has 0 fully saturated rings. The Morgan fingerprint density at radius 1 is 1.19 bits per heavy atom. The van der Waals surface area contributed by atoms with Crippen molar-refractivity contribution in [2.75, 3.05) is 6.61 Å². The molecule has 0 aliphatic carbocycles. The lowest BCUT2D eigenvalue weighted by atomic mass is 10.2. The van der Waals surface area contributed by atoms with Gasteiger partial charge in [0.25, 0.3) is 0 Å². The topological polar surface area (TPSA) is 35.0 Å². The molecular weight excluding hydrogens is 399 g/mol. The highest BCUT2D eigenvalue weighted by Gasteiger charge is 2.12. The van der Waals surface area contributed by atoms with E-state index in [9.17, 15) is 0 Å². The first kappa shape index (κ1) is 16.5. The van der Waals surface area contributed by atoms with E-state index in [1.165, 1.54) is 0 Å². The molecule has 0 radical (unpaired) electrons. The van der Waals surface area contributed by atoms with Crippen LogP contribution in [0.4, 0.5) is 0 Å². The molecule has 2 aromatic rings. The largest absolute Gasteiger partial charge is 0.494 e. The third-order valence-electron chi connectivity index (χ3n) is 2.93. The van der Waals surface area contributed by atoms with Crippen LogP contribution in [0, 0.1) is 3.57 Å². The zero-order chi connectivity index (χ0) is 15.2. The van der Waals surface area contributed by atoms with Gasteiger partial charge >= 0.3 is 0 Å². The highest BCUT2D eigenvalue weighted by Crippen LogP contribution is 2.26. The number of aryl methyl sites for hydroxylation is 1. The van der Waals surface area contributed by atoms with E-state index in [0.29, 0.717) is 17.6 Å². The van der Waals surface area contributed by atoms with Crippen LogP contribution in [0.1, 0.15) is 32.4 Å². The van der Waals surface area contributed by atoms with E-state index in [2.05, 4.69) is 46.4 Å². The molecule has 1 aromatic heterocycles. The van der Waals surface area contributed by atoms with Crippen molar-refractivity contribution in [3.8, 4) is 17.1 Å². The second kappa shape index (κ2) is 7.94. The first-order valence-corrected chi connectivity index (χ1v) is 8.56. The Balaban J connectivity index is 2.37. The van der Waals surface area contributed by atoms with Crippen molar-refractivity contribution < 1.29 is 4.74 Å². The van der Waals surface area contributed by atoms with Crippen molar-refractivity contribution >= 4 is 34.2 Å². The summed E-state index contributed by atoms with van der Waals surface area (Å²) >= 11 is 8.45. The predicted molar refractivity (Wildman–Crippen MR) is 95.0 cm³/mol. The summed E-state index contributed by atoms with van der Waals surface area (Å²) in [5.74, 6) is 1.50. The highest BCUT2D eigenvalue weighted by atomic mass is 127. The third kappa shape index (κ3) is 4.30. The maximum atomic E-state index is 6.24. The number of aromatic nitrogens is 2. The molecule has 0 amide bonds. The lowest BCUT2D eigenvalue weighted by Crippen LogP contribution is -2.01. The molecule has 0 saturated carbocycles. The minimum Gasteiger partial charge on any atom is -0.494 e. The third-order valence-corrected chi connectivity index (χ3v) is 4.66. The van der Waals surface area contributed by atoms with Gasteiger partial charge in [0, 0.05) is 5.56 Å². The fourth-order valence-electron chi connectivity index (χ4n) is 1.94. The van der Waals surface area contributed by atoms with Crippen LogP contribution in [0.15, 0.2) is 24.3 Å². The summed E-state index contributed by atoms with van der Waals surface area (Å²) in [6.07, 6.45) is 2.92. The second-order valence-electron chi connectivity index (χ2n) is 4.72. The Labute approximate surface area is 144 Å². The van der Waals surface area contributed by atoms with Gasteiger partial charge in [0.2, 0.25) is 0 Å². The van der Waals surface area contributed by atoms with Gasteiger partial charge < -0.3 is 4.74 Å². The van der Waals surface area contributed by atoms with E-state index in [1.807, 2.05) is 24.3 Å². The number of ether oxygens (including phenoxy) is 1. The molecule has 0 atom stereocenters. The molecule has 1 aromatic carbocycles. The van der Waals surface area contributed by atoms with Crippen LogP contribution in [0.5, 0.6) is 5.75 Å². The summed E-state index contributed by atoms with van der Waals surface area (Å²) in [5, 5.41) is 0.518. The molecule has 3 nitrogen and oxygen atoms in total. The van der Waals surface area contributed by atoms with E-state index in [1.54, 1.807) is 0 Å².